The number of thiazole rings is 1. The van der Waals surface area contributed by atoms with Crippen LogP contribution in [0.1, 0.15) is 22.3 Å². The van der Waals surface area contributed by atoms with Crippen LogP contribution in [0.25, 0.3) is 0 Å². The highest BCUT2D eigenvalue weighted by Gasteiger charge is 2.31. The van der Waals surface area contributed by atoms with Crippen molar-refractivity contribution in [3.8, 4) is 5.75 Å². The van der Waals surface area contributed by atoms with Gasteiger partial charge in [0.1, 0.15) is 5.75 Å². The number of aromatic nitrogens is 1. The summed E-state index contributed by atoms with van der Waals surface area (Å²) in [7, 11) is 0. The zero-order chi connectivity index (χ0) is 14.8. The van der Waals surface area contributed by atoms with Crippen LogP contribution in [-0.4, -0.2) is 11.3 Å². The summed E-state index contributed by atoms with van der Waals surface area (Å²) in [5.74, 6) is 5.19. The minimum absolute atomic E-state index is 0.290. The number of halogens is 3. The van der Waals surface area contributed by atoms with Gasteiger partial charge in [-0.1, -0.05) is 12.1 Å². The average molecular weight is 303 g/mol. The number of aryl methyl sites for hydroxylation is 1. The summed E-state index contributed by atoms with van der Waals surface area (Å²) in [6, 6.07) is 5.16. The standard InChI is InChI=1S/C12H12F3N3OS/c1-7-17-10(6-20-7)11(18-16)8-3-2-4-9(5-8)19-12(13,14)15/h2-6,11,18H,16H2,1H3. The highest BCUT2D eigenvalue weighted by Crippen LogP contribution is 2.28. The number of nitrogens with zero attached hydrogens (tertiary/aromatic N) is 1. The fourth-order valence-corrected chi connectivity index (χ4v) is 2.39. The summed E-state index contributed by atoms with van der Waals surface area (Å²) < 4.78 is 40.5. The van der Waals surface area contributed by atoms with Crippen molar-refractivity contribution in [3.05, 3.63) is 45.9 Å². The van der Waals surface area contributed by atoms with Crippen molar-refractivity contribution in [2.45, 2.75) is 19.3 Å². The summed E-state index contributed by atoms with van der Waals surface area (Å²) in [4.78, 5) is 4.28. The average Bonchev–Trinajstić information content (AvgIpc) is 2.75. The molecule has 20 heavy (non-hydrogen) atoms. The molecule has 0 aliphatic heterocycles. The monoisotopic (exact) mass is 303 g/mol. The molecular weight excluding hydrogens is 291 g/mol. The lowest BCUT2D eigenvalue weighted by atomic mass is 10.1. The van der Waals surface area contributed by atoms with Gasteiger partial charge in [0.25, 0.3) is 0 Å². The molecule has 4 nitrogen and oxygen atoms in total. The van der Waals surface area contributed by atoms with E-state index in [0.29, 0.717) is 11.3 Å². The van der Waals surface area contributed by atoms with E-state index in [1.807, 2.05) is 6.92 Å². The second-order valence-electron chi connectivity index (χ2n) is 4.01. The molecule has 2 rings (SSSR count). The van der Waals surface area contributed by atoms with E-state index in [4.69, 9.17) is 5.84 Å². The number of nitrogens with one attached hydrogen (secondary N) is 1. The molecule has 108 valence electrons. The normalized spacial score (nSPS) is 13.2. The van der Waals surface area contributed by atoms with Crippen LogP contribution >= 0.6 is 11.3 Å². The van der Waals surface area contributed by atoms with E-state index in [9.17, 15) is 13.2 Å². The van der Waals surface area contributed by atoms with Crippen LogP contribution in [0.5, 0.6) is 5.75 Å². The Hall–Kier alpha value is -1.64. The topological polar surface area (TPSA) is 60.2 Å². The molecule has 0 bridgehead atoms. The Morgan fingerprint density at radius 1 is 1.40 bits per heavy atom. The summed E-state index contributed by atoms with van der Waals surface area (Å²) >= 11 is 1.44. The van der Waals surface area contributed by atoms with E-state index in [-0.39, 0.29) is 5.75 Å². The van der Waals surface area contributed by atoms with Crippen molar-refractivity contribution in [3.63, 3.8) is 0 Å². The maximum absolute atomic E-state index is 12.2. The molecule has 1 heterocycles. The minimum Gasteiger partial charge on any atom is -0.406 e. The highest BCUT2D eigenvalue weighted by molar-refractivity contribution is 7.09. The zero-order valence-corrected chi connectivity index (χ0v) is 11.3. The van der Waals surface area contributed by atoms with Gasteiger partial charge in [0.05, 0.1) is 16.7 Å². The van der Waals surface area contributed by atoms with Gasteiger partial charge in [-0.2, -0.15) is 0 Å². The fourth-order valence-electron chi connectivity index (χ4n) is 1.76. The molecule has 1 unspecified atom stereocenters. The Morgan fingerprint density at radius 2 is 2.15 bits per heavy atom. The maximum atomic E-state index is 12.2. The summed E-state index contributed by atoms with van der Waals surface area (Å²) in [5.41, 5.74) is 3.74. The van der Waals surface area contributed by atoms with E-state index in [1.54, 1.807) is 11.4 Å². The molecule has 0 saturated carbocycles. The molecule has 8 heteroatoms. The quantitative estimate of drug-likeness (QED) is 0.673. The molecule has 1 aromatic carbocycles. The molecule has 3 N–H and O–H groups in total. The second-order valence-corrected chi connectivity index (χ2v) is 5.07. The van der Waals surface area contributed by atoms with Gasteiger partial charge in [0.15, 0.2) is 0 Å². The molecule has 1 atom stereocenters. The largest absolute Gasteiger partial charge is 0.573 e. The van der Waals surface area contributed by atoms with Crippen LogP contribution in [0.2, 0.25) is 0 Å². The first kappa shape index (κ1) is 14.8. The third-order valence-electron chi connectivity index (χ3n) is 2.52. The van der Waals surface area contributed by atoms with E-state index < -0.39 is 12.4 Å². The molecule has 0 radical (unpaired) electrons. The smallest absolute Gasteiger partial charge is 0.406 e. The number of hydrogen-bond acceptors (Lipinski definition) is 5. The van der Waals surface area contributed by atoms with Crippen molar-refractivity contribution in [1.29, 1.82) is 0 Å². The third kappa shape index (κ3) is 3.69. The maximum Gasteiger partial charge on any atom is 0.573 e. The fraction of sp³-hybridized carbons (Fsp3) is 0.250. The second kappa shape index (κ2) is 5.78. The zero-order valence-electron chi connectivity index (χ0n) is 10.4. The van der Waals surface area contributed by atoms with Gasteiger partial charge in [-0.25, -0.2) is 10.4 Å². The van der Waals surface area contributed by atoms with Gasteiger partial charge in [0, 0.05) is 5.38 Å². The van der Waals surface area contributed by atoms with Crippen molar-refractivity contribution in [2.75, 3.05) is 0 Å². The lowest BCUT2D eigenvalue weighted by molar-refractivity contribution is -0.274. The minimum atomic E-state index is -4.72. The number of hydrogen-bond donors (Lipinski definition) is 2. The molecule has 2 aromatic rings. The molecular formula is C12H12F3N3OS. The highest BCUT2D eigenvalue weighted by atomic mass is 32.1. The molecule has 0 aliphatic rings. The van der Waals surface area contributed by atoms with Gasteiger partial charge in [-0.05, 0) is 24.6 Å². The first-order chi connectivity index (χ1) is 9.39. The molecule has 0 fully saturated rings. The van der Waals surface area contributed by atoms with Gasteiger partial charge in [-0.3, -0.25) is 5.84 Å². The summed E-state index contributed by atoms with van der Waals surface area (Å²) in [5, 5.41) is 2.65. The molecule has 0 aliphatic carbocycles. The number of nitrogens with two attached hydrogens (primary N) is 1. The Labute approximate surface area is 117 Å². The Morgan fingerprint density at radius 3 is 2.70 bits per heavy atom. The van der Waals surface area contributed by atoms with E-state index >= 15 is 0 Å². The van der Waals surface area contributed by atoms with Crippen LogP contribution in [-0.2, 0) is 0 Å². The van der Waals surface area contributed by atoms with Gasteiger partial charge in [0.2, 0.25) is 0 Å². The number of hydrazine groups is 1. The van der Waals surface area contributed by atoms with E-state index in [1.165, 1.54) is 29.5 Å². The van der Waals surface area contributed by atoms with Crippen molar-refractivity contribution in [1.82, 2.24) is 10.4 Å². The van der Waals surface area contributed by atoms with Gasteiger partial charge >= 0.3 is 6.36 Å². The van der Waals surface area contributed by atoms with E-state index in [0.717, 1.165) is 5.01 Å². The number of ether oxygens (including phenoxy) is 1. The van der Waals surface area contributed by atoms with Crippen molar-refractivity contribution in [2.24, 2.45) is 5.84 Å². The van der Waals surface area contributed by atoms with Crippen LogP contribution in [0.15, 0.2) is 29.6 Å². The van der Waals surface area contributed by atoms with Gasteiger partial charge in [-0.15, -0.1) is 24.5 Å². The first-order valence-electron chi connectivity index (χ1n) is 5.63. The summed E-state index contributed by atoms with van der Waals surface area (Å²) in [6.45, 7) is 1.84. The van der Waals surface area contributed by atoms with Crippen LogP contribution < -0.4 is 16.0 Å². The molecule has 0 spiro atoms. The number of benzene rings is 1. The van der Waals surface area contributed by atoms with Crippen molar-refractivity contribution < 1.29 is 17.9 Å². The van der Waals surface area contributed by atoms with Gasteiger partial charge < -0.3 is 4.74 Å². The predicted octanol–water partition coefficient (Wildman–Crippen LogP) is 2.90. The Balaban J connectivity index is 2.29. The third-order valence-corrected chi connectivity index (χ3v) is 3.32. The molecule has 0 amide bonds. The van der Waals surface area contributed by atoms with Crippen LogP contribution in [0, 0.1) is 6.92 Å². The SMILES string of the molecule is Cc1nc(C(NN)c2cccc(OC(F)(F)F)c2)cs1. The predicted molar refractivity (Wildman–Crippen MR) is 69.1 cm³/mol. The Bertz CT molecular complexity index is 585. The summed E-state index contributed by atoms with van der Waals surface area (Å²) in [6.07, 6.45) is -4.72. The van der Waals surface area contributed by atoms with Crippen molar-refractivity contribution >= 4 is 11.3 Å². The molecule has 0 saturated heterocycles. The van der Waals surface area contributed by atoms with E-state index in [2.05, 4.69) is 15.1 Å². The lowest BCUT2D eigenvalue weighted by Crippen LogP contribution is -2.29. The lowest BCUT2D eigenvalue weighted by Gasteiger charge is -2.16. The van der Waals surface area contributed by atoms with Crippen LogP contribution in [0.3, 0.4) is 0 Å². The molecule has 1 aromatic heterocycles. The number of rotatable bonds is 4. The first-order valence-corrected chi connectivity index (χ1v) is 6.51. The Kier molecular flexibility index (Phi) is 4.26. The van der Waals surface area contributed by atoms with Crippen LogP contribution in [0.4, 0.5) is 13.2 Å². The number of alkyl halides is 3.